The number of hydrogen-bond donors (Lipinski definition) is 0. The van der Waals surface area contributed by atoms with Crippen molar-refractivity contribution in [2.24, 2.45) is 7.05 Å². The molecular formula is C13H18N6O2S. The molecule has 0 unspecified atom stereocenters. The minimum atomic E-state index is -0.462. The van der Waals surface area contributed by atoms with Crippen molar-refractivity contribution in [2.45, 2.75) is 55.3 Å². The lowest BCUT2D eigenvalue weighted by atomic mass is 9.95. The molecule has 8 nitrogen and oxygen atoms in total. The predicted molar refractivity (Wildman–Crippen MR) is 80.9 cm³/mol. The monoisotopic (exact) mass is 322 g/mol. The Morgan fingerprint density at radius 1 is 1.32 bits per heavy atom. The number of rotatable bonds is 4. The summed E-state index contributed by atoms with van der Waals surface area (Å²) in [6.45, 7) is 1.93. The average Bonchev–Trinajstić information content (AvgIpc) is 3.05. The topological polar surface area (TPSA) is 91.7 Å². The molecule has 0 N–H and O–H groups in total. The normalized spacial score (nSPS) is 16.1. The summed E-state index contributed by atoms with van der Waals surface area (Å²) in [7, 11) is 1.75. The summed E-state index contributed by atoms with van der Waals surface area (Å²) in [5, 5.41) is 20.7. The van der Waals surface area contributed by atoms with Crippen LogP contribution in [-0.4, -0.2) is 29.2 Å². The zero-order valence-corrected chi connectivity index (χ0v) is 13.4. The summed E-state index contributed by atoms with van der Waals surface area (Å²) in [4.78, 5) is 14.5. The second-order valence-electron chi connectivity index (χ2n) is 5.54. The van der Waals surface area contributed by atoms with Crippen molar-refractivity contribution in [3.63, 3.8) is 0 Å². The molecule has 1 aliphatic rings. The molecule has 0 spiro atoms. The number of aryl methyl sites for hydroxylation is 2. The van der Waals surface area contributed by atoms with Crippen molar-refractivity contribution in [1.29, 1.82) is 0 Å². The summed E-state index contributed by atoms with van der Waals surface area (Å²) >= 11 is 1.27. The smallest absolute Gasteiger partial charge is 0.358 e. The van der Waals surface area contributed by atoms with E-state index in [-0.39, 0.29) is 5.82 Å². The van der Waals surface area contributed by atoms with Crippen LogP contribution in [0.5, 0.6) is 0 Å². The van der Waals surface area contributed by atoms with Gasteiger partial charge in [-0.25, -0.2) is 0 Å². The summed E-state index contributed by atoms with van der Waals surface area (Å²) in [6, 6.07) is 0.388. The van der Waals surface area contributed by atoms with Crippen LogP contribution >= 0.6 is 11.8 Å². The molecule has 0 radical (unpaired) electrons. The van der Waals surface area contributed by atoms with E-state index in [0.29, 0.717) is 16.2 Å². The molecule has 2 heterocycles. The molecule has 2 aromatic rings. The maximum absolute atomic E-state index is 11.1. The van der Waals surface area contributed by atoms with Gasteiger partial charge < -0.3 is 19.2 Å². The molecule has 118 valence electrons. The minimum absolute atomic E-state index is 0.136. The Hall–Kier alpha value is -1.90. The summed E-state index contributed by atoms with van der Waals surface area (Å²) in [5.74, 6) is 0.725. The van der Waals surface area contributed by atoms with Crippen LogP contribution in [0.15, 0.2) is 16.5 Å². The van der Waals surface area contributed by atoms with Crippen LogP contribution in [0.4, 0.5) is 5.82 Å². The van der Waals surface area contributed by atoms with E-state index in [2.05, 4.69) is 19.7 Å². The lowest BCUT2D eigenvalue weighted by Crippen LogP contribution is -2.15. The Balaban J connectivity index is 1.93. The van der Waals surface area contributed by atoms with E-state index in [1.54, 1.807) is 11.6 Å². The van der Waals surface area contributed by atoms with Gasteiger partial charge in [-0.05, 0) is 41.4 Å². The van der Waals surface area contributed by atoms with Crippen LogP contribution in [0.25, 0.3) is 0 Å². The van der Waals surface area contributed by atoms with E-state index in [1.807, 2.05) is 6.92 Å². The molecule has 3 rings (SSSR count). The van der Waals surface area contributed by atoms with E-state index < -0.39 is 4.92 Å². The minimum Gasteiger partial charge on any atom is -0.358 e. The van der Waals surface area contributed by atoms with Crippen LogP contribution in [0.3, 0.4) is 0 Å². The lowest BCUT2D eigenvalue weighted by molar-refractivity contribution is -0.392. The maximum atomic E-state index is 11.1. The molecule has 0 aromatic carbocycles. The number of aromatic nitrogens is 5. The fourth-order valence-electron chi connectivity index (χ4n) is 2.92. The molecule has 0 bridgehead atoms. The average molecular weight is 322 g/mol. The second kappa shape index (κ2) is 6.07. The van der Waals surface area contributed by atoms with E-state index in [1.165, 1.54) is 37.4 Å². The Bertz CT molecular complexity index is 689. The molecule has 0 aliphatic heterocycles. The van der Waals surface area contributed by atoms with Crippen LogP contribution in [0.2, 0.25) is 0 Å². The summed E-state index contributed by atoms with van der Waals surface area (Å²) in [6.07, 6.45) is 7.36. The quantitative estimate of drug-likeness (QED) is 0.635. The van der Waals surface area contributed by atoms with Gasteiger partial charge in [-0.3, -0.25) is 0 Å². The van der Waals surface area contributed by atoms with Gasteiger partial charge in [-0.15, -0.1) is 10.2 Å². The van der Waals surface area contributed by atoms with Gasteiger partial charge in [0.25, 0.3) is 0 Å². The van der Waals surface area contributed by atoms with E-state index >= 15 is 0 Å². The summed E-state index contributed by atoms with van der Waals surface area (Å²) < 4.78 is 3.78. The highest BCUT2D eigenvalue weighted by molar-refractivity contribution is 7.99. The van der Waals surface area contributed by atoms with Gasteiger partial charge in [0.1, 0.15) is 5.82 Å². The first-order valence-corrected chi connectivity index (χ1v) is 8.14. The standard InChI is InChI=1S/C13H18N6O2S/c1-9-15-16-13(18(9)10-6-4-3-5-7-10)22-12-11(19(20)21)14-8-17(12)2/h8,10H,3-7H2,1-2H3. The van der Waals surface area contributed by atoms with Crippen molar-refractivity contribution in [1.82, 2.24) is 24.3 Å². The van der Waals surface area contributed by atoms with E-state index in [9.17, 15) is 10.1 Å². The fourth-order valence-corrected chi connectivity index (χ4v) is 3.96. The van der Waals surface area contributed by atoms with Crippen LogP contribution in [0, 0.1) is 17.0 Å². The molecule has 2 aromatic heterocycles. The Morgan fingerprint density at radius 2 is 2.05 bits per heavy atom. The van der Waals surface area contributed by atoms with Gasteiger partial charge in [0.05, 0.1) is 0 Å². The van der Waals surface area contributed by atoms with E-state index in [4.69, 9.17) is 0 Å². The third-order valence-corrected chi connectivity index (χ3v) is 5.13. The largest absolute Gasteiger partial charge is 0.396 e. The highest BCUT2D eigenvalue weighted by atomic mass is 32.2. The molecule has 1 saturated carbocycles. The number of hydrogen-bond acceptors (Lipinski definition) is 6. The molecule has 0 amide bonds. The number of nitro groups is 1. The molecule has 1 fully saturated rings. The number of imidazole rings is 1. The van der Waals surface area contributed by atoms with Crippen molar-refractivity contribution >= 4 is 17.6 Å². The molecule has 0 saturated heterocycles. The van der Waals surface area contributed by atoms with Crippen LogP contribution in [-0.2, 0) is 7.05 Å². The highest BCUT2D eigenvalue weighted by Gasteiger charge is 2.26. The van der Waals surface area contributed by atoms with Gasteiger partial charge in [-0.2, -0.15) is 0 Å². The Morgan fingerprint density at radius 3 is 2.73 bits per heavy atom. The third-order valence-electron chi connectivity index (χ3n) is 4.00. The van der Waals surface area contributed by atoms with Gasteiger partial charge in [-0.1, -0.05) is 19.3 Å². The van der Waals surface area contributed by atoms with Crippen LogP contribution in [0.1, 0.15) is 44.0 Å². The number of nitrogens with zero attached hydrogens (tertiary/aromatic N) is 6. The van der Waals surface area contributed by atoms with Crippen molar-refractivity contribution in [2.75, 3.05) is 0 Å². The molecule has 9 heteroatoms. The van der Waals surface area contributed by atoms with Gasteiger partial charge in [0.15, 0.2) is 10.2 Å². The fraction of sp³-hybridized carbons (Fsp3) is 0.615. The lowest BCUT2D eigenvalue weighted by Gasteiger charge is -2.24. The SMILES string of the molecule is Cc1nnc(Sc2c([N+](=O)[O-])ncn2C)n1C1CCCCC1. The van der Waals surface area contributed by atoms with E-state index in [0.717, 1.165) is 18.7 Å². The van der Waals surface area contributed by atoms with Crippen molar-refractivity contribution in [3.05, 3.63) is 22.3 Å². The third kappa shape index (κ3) is 2.72. The summed E-state index contributed by atoms with van der Waals surface area (Å²) in [5.41, 5.74) is 0. The van der Waals surface area contributed by atoms with Gasteiger partial charge in [0, 0.05) is 13.1 Å². The molecule has 1 aliphatic carbocycles. The Kier molecular flexibility index (Phi) is 4.14. The predicted octanol–water partition coefficient (Wildman–Crippen LogP) is 2.88. The first kappa shape index (κ1) is 15.0. The van der Waals surface area contributed by atoms with Gasteiger partial charge in [0.2, 0.25) is 6.33 Å². The first-order valence-electron chi connectivity index (χ1n) is 7.33. The maximum Gasteiger partial charge on any atom is 0.396 e. The zero-order chi connectivity index (χ0) is 15.7. The second-order valence-corrected chi connectivity index (χ2v) is 6.49. The van der Waals surface area contributed by atoms with Gasteiger partial charge >= 0.3 is 5.82 Å². The van der Waals surface area contributed by atoms with Crippen LogP contribution < -0.4 is 0 Å². The Labute approximate surface area is 132 Å². The first-order chi connectivity index (χ1) is 10.6. The highest BCUT2D eigenvalue weighted by Crippen LogP contribution is 2.37. The molecule has 22 heavy (non-hydrogen) atoms. The van der Waals surface area contributed by atoms with Crippen molar-refractivity contribution in [3.8, 4) is 0 Å². The molecule has 0 atom stereocenters. The zero-order valence-electron chi connectivity index (χ0n) is 12.6. The molecular weight excluding hydrogens is 304 g/mol. The van der Waals surface area contributed by atoms with Crippen molar-refractivity contribution < 1.29 is 4.92 Å².